The molecule has 5 nitrogen and oxygen atoms in total. The summed E-state index contributed by atoms with van der Waals surface area (Å²) in [6.07, 6.45) is 3.49. The van der Waals surface area contributed by atoms with E-state index in [0.29, 0.717) is 19.5 Å². The molecule has 0 aromatic carbocycles. The van der Waals surface area contributed by atoms with Crippen molar-refractivity contribution in [2.24, 2.45) is 11.7 Å². The van der Waals surface area contributed by atoms with E-state index in [1.807, 2.05) is 6.92 Å². The van der Waals surface area contributed by atoms with Gasteiger partial charge in [-0.2, -0.15) is 0 Å². The van der Waals surface area contributed by atoms with Crippen molar-refractivity contribution in [2.45, 2.75) is 45.1 Å². The van der Waals surface area contributed by atoms with Gasteiger partial charge in [0, 0.05) is 19.5 Å². The summed E-state index contributed by atoms with van der Waals surface area (Å²) < 4.78 is 0. The van der Waals surface area contributed by atoms with Crippen molar-refractivity contribution in [1.29, 1.82) is 0 Å². The molecule has 1 saturated heterocycles. The monoisotopic (exact) mass is 242 g/mol. The molecule has 3 N–H and O–H groups in total. The molecule has 98 valence electrons. The zero-order valence-electron chi connectivity index (χ0n) is 10.4. The van der Waals surface area contributed by atoms with Crippen molar-refractivity contribution in [3.63, 3.8) is 0 Å². The van der Waals surface area contributed by atoms with Crippen LogP contribution in [0.2, 0.25) is 0 Å². The number of hydrogen-bond acceptors (Lipinski definition) is 3. The van der Waals surface area contributed by atoms with Gasteiger partial charge in [0.15, 0.2) is 0 Å². The van der Waals surface area contributed by atoms with Gasteiger partial charge in [-0.15, -0.1) is 0 Å². The minimum absolute atomic E-state index is 0.0260. The van der Waals surface area contributed by atoms with Crippen molar-refractivity contribution < 1.29 is 14.7 Å². The third-order valence-electron chi connectivity index (χ3n) is 3.21. The van der Waals surface area contributed by atoms with Crippen LogP contribution in [0.1, 0.15) is 39.0 Å². The number of carboxylic acid groups (broad SMARTS) is 1. The molecule has 17 heavy (non-hydrogen) atoms. The van der Waals surface area contributed by atoms with E-state index in [0.717, 1.165) is 19.3 Å². The topological polar surface area (TPSA) is 83.6 Å². The largest absolute Gasteiger partial charge is 0.481 e. The van der Waals surface area contributed by atoms with Crippen LogP contribution in [0.25, 0.3) is 0 Å². The Labute approximate surface area is 102 Å². The lowest BCUT2D eigenvalue weighted by Crippen LogP contribution is -2.48. The molecule has 0 aliphatic carbocycles. The van der Waals surface area contributed by atoms with Crippen LogP contribution >= 0.6 is 0 Å². The second-order valence-electron chi connectivity index (χ2n) is 4.79. The fraction of sp³-hybridized carbons (Fsp3) is 0.833. The fourth-order valence-electron chi connectivity index (χ4n) is 2.35. The number of nitrogens with zero attached hydrogens (tertiary/aromatic N) is 1. The lowest BCUT2D eigenvalue weighted by molar-refractivity contribution is -0.141. The summed E-state index contributed by atoms with van der Waals surface area (Å²) in [6.45, 7) is 3.26. The van der Waals surface area contributed by atoms with Gasteiger partial charge in [0.1, 0.15) is 0 Å². The molecule has 1 fully saturated rings. The van der Waals surface area contributed by atoms with Crippen molar-refractivity contribution in [3.05, 3.63) is 0 Å². The number of piperidine rings is 1. The van der Waals surface area contributed by atoms with Gasteiger partial charge in [-0.05, 0) is 25.2 Å². The molecule has 0 radical (unpaired) electrons. The first-order valence-corrected chi connectivity index (χ1v) is 6.30. The van der Waals surface area contributed by atoms with Crippen LogP contribution in [-0.4, -0.2) is 41.0 Å². The maximum Gasteiger partial charge on any atom is 0.303 e. The predicted molar refractivity (Wildman–Crippen MR) is 64.4 cm³/mol. The first-order chi connectivity index (χ1) is 8.04. The van der Waals surface area contributed by atoms with Gasteiger partial charge in [0.05, 0.1) is 6.04 Å². The van der Waals surface area contributed by atoms with Crippen LogP contribution in [-0.2, 0) is 9.59 Å². The minimum Gasteiger partial charge on any atom is -0.481 e. The van der Waals surface area contributed by atoms with Crippen molar-refractivity contribution in [2.75, 3.05) is 13.1 Å². The minimum atomic E-state index is -0.790. The molecule has 1 aliphatic rings. The van der Waals surface area contributed by atoms with E-state index in [-0.39, 0.29) is 18.2 Å². The lowest BCUT2D eigenvalue weighted by Gasteiger charge is -2.33. The van der Waals surface area contributed by atoms with Crippen LogP contribution in [0.5, 0.6) is 0 Å². The molecule has 0 aromatic rings. The van der Waals surface area contributed by atoms with Gasteiger partial charge in [-0.25, -0.2) is 0 Å². The summed E-state index contributed by atoms with van der Waals surface area (Å²) in [5.74, 6) is -0.733. The Morgan fingerprint density at radius 2 is 2.24 bits per heavy atom. The number of hydrogen-bond donors (Lipinski definition) is 2. The smallest absolute Gasteiger partial charge is 0.303 e. The third kappa shape index (κ3) is 4.34. The van der Waals surface area contributed by atoms with Crippen molar-refractivity contribution in [1.82, 2.24) is 4.90 Å². The fourth-order valence-corrected chi connectivity index (χ4v) is 2.35. The highest BCUT2D eigenvalue weighted by atomic mass is 16.4. The quantitative estimate of drug-likeness (QED) is 0.748. The Morgan fingerprint density at radius 3 is 2.82 bits per heavy atom. The molecular formula is C12H22N2O3. The van der Waals surface area contributed by atoms with E-state index in [9.17, 15) is 9.59 Å². The molecule has 1 aliphatic heterocycles. The first kappa shape index (κ1) is 14.0. The number of likely N-dealkylation sites (tertiary alicyclic amines) is 1. The predicted octanol–water partition coefficient (Wildman–Crippen LogP) is 0.827. The third-order valence-corrected chi connectivity index (χ3v) is 3.21. The molecule has 2 unspecified atom stereocenters. The van der Waals surface area contributed by atoms with Gasteiger partial charge < -0.3 is 15.7 Å². The molecule has 5 heteroatoms. The van der Waals surface area contributed by atoms with Gasteiger partial charge >= 0.3 is 5.97 Å². The van der Waals surface area contributed by atoms with Gasteiger partial charge in [0.2, 0.25) is 5.91 Å². The van der Waals surface area contributed by atoms with Gasteiger partial charge in [0.25, 0.3) is 0 Å². The van der Waals surface area contributed by atoms with E-state index in [2.05, 4.69) is 0 Å². The molecule has 1 amide bonds. The van der Waals surface area contributed by atoms with Crippen LogP contribution in [0, 0.1) is 5.92 Å². The average Bonchev–Trinajstić information content (AvgIpc) is 2.28. The summed E-state index contributed by atoms with van der Waals surface area (Å²) in [6, 6.07) is -0.427. The number of aliphatic carboxylic acids is 1. The van der Waals surface area contributed by atoms with Crippen LogP contribution in [0.15, 0.2) is 0 Å². The Kier molecular flexibility index (Phi) is 5.41. The maximum atomic E-state index is 12.0. The highest BCUT2D eigenvalue weighted by Gasteiger charge is 2.27. The van der Waals surface area contributed by atoms with Crippen LogP contribution < -0.4 is 5.73 Å². The Balaban J connectivity index is 2.48. The zero-order valence-corrected chi connectivity index (χ0v) is 10.4. The Hall–Kier alpha value is -1.10. The van der Waals surface area contributed by atoms with Gasteiger partial charge in [-0.3, -0.25) is 9.59 Å². The molecule has 0 spiro atoms. The number of carbonyl (C=O) groups excluding carboxylic acids is 1. The Morgan fingerprint density at radius 1 is 1.53 bits per heavy atom. The number of nitrogens with two attached hydrogens (primary N) is 1. The molecule has 2 atom stereocenters. The summed E-state index contributed by atoms with van der Waals surface area (Å²) in [7, 11) is 0. The van der Waals surface area contributed by atoms with Crippen molar-refractivity contribution in [3.8, 4) is 0 Å². The van der Waals surface area contributed by atoms with E-state index >= 15 is 0 Å². The number of rotatable bonds is 5. The highest BCUT2D eigenvalue weighted by molar-refractivity contribution is 5.81. The molecular weight excluding hydrogens is 220 g/mol. The highest BCUT2D eigenvalue weighted by Crippen LogP contribution is 2.20. The van der Waals surface area contributed by atoms with E-state index < -0.39 is 12.0 Å². The summed E-state index contributed by atoms with van der Waals surface area (Å²) in [5.41, 5.74) is 5.80. The first-order valence-electron chi connectivity index (χ1n) is 6.30. The lowest BCUT2D eigenvalue weighted by atomic mass is 9.94. The summed E-state index contributed by atoms with van der Waals surface area (Å²) >= 11 is 0. The van der Waals surface area contributed by atoms with Crippen molar-refractivity contribution >= 4 is 11.9 Å². The summed E-state index contributed by atoms with van der Waals surface area (Å²) in [4.78, 5) is 24.4. The second kappa shape index (κ2) is 6.59. The van der Waals surface area contributed by atoms with Gasteiger partial charge in [-0.1, -0.05) is 13.3 Å². The van der Waals surface area contributed by atoms with Crippen LogP contribution in [0.4, 0.5) is 0 Å². The van der Waals surface area contributed by atoms with Crippen LogP contribution in [0.3, 0.4) is 0 Å². The molecule has 0 aromatic heterocycles. The molecule has 1 rings (SSSR count). The van der Waals surface area contributed by atoms with E-state index in [4.69, 9.17) is 10.8 Å². The maximum absolute atomic E-state index is 12.0. The molecule has 1 heterocycles. The standard InChI is InChI=1S/C12H22N2O3/c1-2-4-10(13)12(17)14-6-3-5-9(8-14)7-11(15)16/h9-10H,2-8,13H2,1H3,(H,15,16). The number of carbonyl (C=O) groups is 2. The molecule has 0 bridgehead atoms. The average molecular weight is 242 g/mol. The molecule has 0 saturated carbocycles. The van der Waals surface area contributed by atoms with E-state index in [1.165, 1.54) is 0 Å². The number of carboxylic acids is 1. The summed E-state index contributed by atoms with van der Waals surface area (Å²) in [5, 5.41) is 8.76. The number of amides is 1. The van der Waals surface area contributed by atoms with E-state index in [1.54, 1.807) is 4.90 Å². The second-order valence-corrected chi connectivity index (χ2v) is 4.79. The SMILES string of the molecule is CCCC(N)C(=O)N1CCCC(CC(=O)O)C1. The zero-order chi connectivity index (χ0) is 12.8. The normalized spacial score (nSPS) is 22.2. The Bertz CT molecular complexity index is 281.